The largest absolute Gasteiger partial charge is 0.379 e. The first kappa shape index (κ1) is 43.1. The Hall–Kier alpha value is -6.44. The maximum atomic E-state index is 3.83. The van der Waals surface area contributed by atoms with Crippen LogP contribution >= 0.6 is 0 Å². The van der Waals surface area contributed by atoms with Gasteiger partial charge in [-0.15, -0.1) is 0 Å². The average molecular weight is 784 g/mol. The summed E-state index contributed by atoms with van der Waals surface area (Å²) in [5, 5.41) is 6.36. The van der Waals surface area contributed by atoms with Crippen molar-refractivity contribution in [1.82, 2.24) is 0 Å². The van der Waals surface area contributed by atoms with Gasteiger partial charge < -0.3 is 5.32 Å². The summed E-state index contributed by atoms with van der Waals surface area (Å²) in [6.07, 6.45) is 12.1. The van der Waals surface area contributed by atoms with Crippen LogP contribution < -0.4 is 5.32 Å². The molecule has 0 aliphatic heterocycles. The van der Waals surface area contributed by atoms with E-state index < -0.39 is 0 Å². The SMILES string of the molecule is C=Cc1ccc(-c2ccccc2)cc1C=C.CCCc1ccccc1.Cc1ccc(NC2C=C3C(=CC2)c2ccc(C)cc2C3(C)C)cc1.Cc1cccc2ccccc12. The van der Waals surface area contributed by atoms with Gasteiger partial charge in [0.2, 0.25) is 0 Å². The quantitative estimate of drug-likeness (QED) is 0.170. The van der Waals surface area contributed by atoms with Crippen LogP contribution in [-0.2, 0) is 11.8 Å². The van der Waals surface area contributed by atoms with Crippen LogP contribution in [0.3, 0.4) is 0 Å². The minimum absolute atomic E-state index is 0.0841. The van der Waals surface area contributed by atoms with Gasteiger partial charge in [-0.25, -0.2) is 0 Å². The molecule has 2 aliphatic rings. The number of fused-ring (bicyclic) bond motifs is 4. The Kier molecular flexibility index (Phi) is 14.7. The molecule has 0 bridgehead atoms. The standard InChI is InChI=1S/C23H25N.C16H14.C11H10.C9H12/c1-15-5-8-17(9-6-15)24-18-10-12-20-19-11-7-16(2)13-21(19)23(3,4)22(20)14-18;1-3-13-10-11-16(12-14(13)4-2)15-8-6-5-7-9-15;1-9-5-4-7-10-6-2-3-8-11(9)10;1-2-6-9-7-4-3-5-8-9/h5-9,11-14,18,24H,10H2,1-4H3;3-12H,1-2H2;2-8H,1H3;3-5,7-8H,2,6H2,1H3. The highest BCUT2D eigenvalue weighted by atomic mass is 14.9. The molecule has 9 rings (SSSR count). The Balaban J connectivity index is 0.000000145. The van der Waals surface area contributed by atoms with E-state index >= 15 is 0 Å². The van der Waals surface area contributed by atoms with Gasteiger partial charge in [-0.2, -0.15) is 0 Å². The van der Waals surface area contributed by atoms with Crippen LogP contribution in [0.1, 0.15) is 78.1 Å². The number of hydrogen-bond donors (Lipinski definition) is 1. The van der Waals surface area contributed by atoms with Crippen molar-refractivity contribution in [2.75, 3.05) is 5.32 Å². The number of anilines is 1. The van der Waals surface area contributed by atoms with Gasteiger partial charge in [0.15, 0.2) is 0 Å². The van der Waals surface area contributed by atoms with Crippen LogP contribution in [0.2, 0.25) is 0 Å². The fraction of sp³-hybridized carbons (Fsp3) is 0.186. The zero-order chi connectivity index (χ0) is 42.5. The van der Waals surface area contributed by atoms with Crippen molar-refractivity contribution in [2.45, 2.75) is 72.3 Å². The molecule has 1 unspecified atom stereocenters. The summed E-state index contributed by atoms with van der Waals surface area (Å²) >= 11 is 0. The molecule has 0 heterocycles. The van der Waals surface area contributed by atoms with Crippen molar-refractivity contribution >= 4 is 34.2 Å². The second-order valence-corrected chi connectivity index (χ2v) is 16.4. The second kappa shape index (κ2) is 20.5. The van der Waals surface area contributed by atoms with Crippen LogP contribution in [0.15, 0.2) is 195 Å². The number of allylic oxidation sites excluding steroid dienone is 2. The number of benzene rings is 7. The highest BCUT2D eigenvalue weighted by molar-refractivity contribution is 5.91. The molecule has 0 amide bonds. The van der Waals surface area contributed by atoms with Crippen LogP contribution in [0.25, 0.3) is 39.6 Å². The number of hydrogen-bond acceptors (Lipinski definition) is 1. The van der Waals surface area contributed by atoms with E-state index in [0.717, 1.165) is 17.5 Å². The molecule has 0 saturated carbocycles. The van der Waals surface area contributed by atoms with Crippen LogP contribution in [0.5, 0.6) is 0 Å². The number of rotatable bonds is 7. The van der Waals surface area contributed by atoms with E-state index in [2.05, 4.69) is 218 Å². The lowest BCUT2D eigenvalue weighted by Crippen LogP contribution is -2.23. The smallest absolute Gasteiger partial charge is 0.0485 e. The second-order valence-electron chi connectivity index (χ2n) is 16.4. The summed E-state index contributed by atoms with van der Waals surface area (Å²) in [7, 11) is 0. The number of aryl methyl sites for hydroxylation is 4. The van der Waals surface area contributed by atoms with E-state index in [0.29, 0.717) is 6.04 Å². The Morgan fingerprint density at radius 1 is 0.633 bits per heavy atom. The molecule has 1 atom stereocenters. The summed E-state index contributed by atoms with van der Waals surface area (Å²) in [4.78, 5) is 0. The monoisotopic (exact) mass is 783 g/mol. The predicted octanol–water partition coefficient (Wildman–Crippen LogP) is 16.2. The third-order valence-corrected chi connectivity index (χ3v) is 11.5. The molecule has 302 valence electrons. The minimum Gasteiger partial charge on any atom is -0.379 e. The van der Waals surface area contributed by atoms with E-state index in [1.54, 1.807) is 0 Å². The van der Waals surface area contributed by atoms with E-state index in [-0.39, 0.29) is 5.41 Å². The van der Waals surface area contributed by atoms with Gasteiger partial charge in [0, 0.05) is 17.1 Å². The summed E-state index contributed by atoms with van der Waals surface area (Å²) in [5.41, 5.74) is 17.2. The van der Waals surface area contributed by atoms with Gasteiger partial charge >= 0.3 is 0 Å². The molecule has 0 spiro atoms. The van der Waals surface area contributed by atoms with Crippen LogP contribution in [0, 0.1) is 20.8 Å². The minimum atomic E-state index is 0.0841. The van der Waals surface area contributed by atoms with Gasteiger partial charge in [0.25, 0.3) is 0 Å². The topological polar surface area (TPSA) is 12.0 Å². The van der Waals surface area contributed by atoms with E-state index in [1.165, 1.54) is 85.0 Å². The summed E-state index contributed by atoms with van der Waals surface area (Å²) in [5.74, 6) is 0. The molecule has 0 fully saturated rings. The molecule has 1 N–H and O–H groups in total. The first-order valence-electron chi connectivity index (χ1n) is 21.4. The summed E-state index contributed by atoms with van der Waals surface area (Å²) in [6, 6.07) is 58.0. The lowest BCUT2D eigenvalue weighted by atomic mass is 9.79. The lowest BCUT2D eigenvalue weighted by Gasteiger charge is -2.27. The van der Waals surface area contributed by atoms with Crippen molar-refractivity contribution in [3.05, 3.63) is 239 Å². The molecular weight excluding hydrogens is 723 g/mol. The Morgan fingerprint density at radius 2 is 1.28 bits per heavy atom. The third-order valence-electron chi connectivity index (χ3n) is 11.5. The zero-order valence-electron chi connectivity index (χ0n) is 36.5. The average Bonchev–Trinajstić information content (AvgIpc) is 3.50. The maximum absolute atomic E-state index is 3.83. The van der Waals surface area contributed by atoms with Crippen molar-refractivity contribution in [2.24, 2.45) is 0 Å². The van der Waals surface area contributed by atoms with Gasteiger partial charge in [0.1, 0.15) is 0 Å². The summed E-state index contributed by atoms with van der Waals surface area (Å²) < 4.78 is 0. The Labute approximate surface area is 360 Å². The Bertz CT molecular complexity index is 2560. The molecule has 0 radical (unpaired) electrons. The molecule has 7 aromatic carbocycles. The van der Waals surface area contributed by atoms with E-state index in [1.807, 2.05) is 30.4 Å². The molecule has 0 aromatic heterocycles. The maximum Gasteiger partial charge on any atom is 0.0485 e. The lowest BCUT2D eigenvalue weighted by molar-refractivity contribution is 0.650. The highest BCUT2D eigenvalue weighted by Gasteiger charge is 2.39. The molecule has 60 heavy (non-hydrogen) atoms. The first-order valence-corrected chi connectivity index (χ1v) is 21.4. The molecule has 7 aromatic rings. The molecule has 2 aliphatic carbocycles. The van der Waals surface area contributed by atoms with Crippen molar-refractivity contribution in [3.8, 4) is 11.1 Å². The van der Waals surface area contributed by atoms with Gasteiger partial charge in [-0.3, -0.25) is 0 Å². The molecule has 0 saturated heterocycles. The van der Waals surface area contributed by atoms with Crippen molar-refractivity contribution in [3.63, 3.8) is 0 Å². The van der Waals surface area contributed by atoms with E-state index in [4.69, 9.17) is 0 Å². The highest BCUT2D eigenvalue weighted by Crippen LogP contribution is 2.51. The molecular formula is C59H61N. The zero-order valence-corrected chi connectivity index (χ0v) is 36.5. The van der Waals surface area contributed by atoms with Gasteiger partial charge in [-0.1, -0.05) is 221 Å². The van der Waals surface area contributed by atoms with Crippen LogP contribution in [-0.4, -0.2) is 6.04 Å². The fourth-order valence-electron chi connectivity index (χ4n) is 8.10. The van der Waals surface area contributed by atoms with E-state index in [9.17, 15) is 0 Å². The van der Waals surface area contributed by atoms with Crippen molar-refractivity contribution < 1.29 is 0 Å². The summed E-state index contributed by atoms with van der Waals surface area (Å²) in [6.45, 7) is 21.0. The Morgan fingerprint density at radius 3 is 1.97 bits per heavy atom. The van der Waals surface area contributed by atoms with Gasteiger partial charge in [-0.05, 0) is 118 Å². The van der Waals surface area contributed by atoms with Crippen molar-refractivity contribution in [1.29, 1.82) is 0 Å². The first-order chi connectivity index (χ1) is 29.1. The predicted molar refractivity (Wildman–Crippen MR) is 265 cm³/mol. The van der Waals surface area contributed by atoms with Crippen LogP contribution in [0.4, 0.5) is 5.69 Å². The fourth-order valence-corrected chi connectivity index (χ4v) is 8.10. The van der Waals surface area contributed by atoms with Gasteiger partial charge in [0.05, 0.1) is 0 Å². The number of nitrogens with one attached hydrogen (secondary N) is 1. The third kappa shape index (κ3) is 10.8. The normalized spacial score (nSPS) is 14.2. The molecule has 1 heteroatoms. The molecule has 1 nitrogen and oxygen atoms in total.